The van der Waals surface area contributed by atoms with Crippen LogP contribution in [0.1, 0.15) is 20.3 Å². The molecular weight excluding hydrogens is 204 g/mol. The highest BCUT2D eigenvalue weighted by molar-refractivity contribution is 5.20. The second-order valence-electron chi connectivity index (χ2n) is 4.75. The second-order valence-corrected chi connectivity index (χ2v) is 4.75. The molecule has 1 N–H and O–H groups in total. The lowest BCUT2D eigenvalue weighted by Crippen LogP contribution is -2.29. The molecule has 0 amide bonds. The van der Waals surface area contributed by atoms with Crippen molar-refractivity contribution in [1.82, 2.24) is 25.1 Å². The lowest BCUT2D eigenvalue weighted by molar-refractivity contribution is 0.266. The number of nitrogens with one attached hydrogen (secondary N) is 1. The highest BCUT2D eigenvalue weighted by atomic mass is 15.6. The maximum atomic E-state index is 3.91. The van der Waals surface area contributed by atoms with Gasteiger partial charge in [-0.05, 0) is 43.2 Å². The molecule has 0 aromatic carbocycles. The third-order valence-electron chi connectivity index (χ3n) is 3.22. The standard InChI is InChI=1S/C10H20N6/c1-8(2)16-5-4-9(7-16)6-11-10-12-13-14-15(10)3/h8-9H,4-7H2,1-3H3,(H,11,12,14). The van der Waals surface area contributed by atoms with Crippen LogP contribution in [0.3, 0.4) is 0 Å². The Balaban J connectivity index is 1.78. The van der Waals surface area contributed by atoms with E-state index >= 15 is 0 Å². The summed E-state index contributed by atoms with van der Waals surface area (Å²) in [5, 5.41) is 14.6. The fourth-order valence-electron chi connectivity index (χ4n) is 2.11. The first-order chi connectivity index (χ1) is 7.66. The minimum absolute atomic E-state index is 0.654. The van der Waals surface area contributed by atoms with Crippen molar-refractivity contribution in [3.05, 3.63) is 0 Å². The molecule has 2 heterocycles. The molecule has 16 heavy (non-hydrogen) atoms. The first-order valence-electron chi connectivity index (χ1n) is 5.87. The van der Waals surface area contributed by atoms with Crippen molar-refractivity contribution in [3.63, 3.8) is 0 Å². The van der Waals surface area contributed by atoms with Crippen molar-refractivity contribution in [2.45, 2.75) is 26.3 Å². The Morgan fingerprint density at radius 1 is 1.50 bits per heavy atom. The normalized spacial score (nSPS) is 21.9. The quantitative estimate of drug-likeness (QED) is 0.800. The van der Waals surface area contributed by atoms with Gasteiger partial charge in [-0.15, -0.1) is 0 Å². The Bertz CT molecular complexity index is 334. The number of hydrogen-bond donors (Lipinski definition) is 1. The van der Waals surface area contributed by atoms with Gasteiger partial charge in [0.25, 0.3) is 0 Å². The molecule has 0 bridgehead atoms. The zero-order chi connectivity index (χ0) is 11.5. The van der Waals surface area contributed by atoms with Crippen molar-refractivity contribution in [2.24, 2.45) is 13.0 Å². The summed E-state index contributed by atoms with van der Waals surface area (Å²) < 4.78 is 1.66. The molecule has 1 aliphatic heterocycles. The van der Waals surface area contributed by atoms with Crippen LogP contribution in [0, 0.1) is 5.92 Å². The van der Waals surface area contributed by atoms with E-state index in [0.717, 1.165) is 12.5 Å². The van der Waals surface area contributed by atoms with Gasteiger partial charge in [-0.1, -0.05) is 5.10 Å². The summed E-state index contributed by atoms with van der Waals surface area (Å²) in [6.07, 6.45) is 1.26. The van der Waals surface area contributed by atoms with E-state index in [1.54, 1.807) is 4.68 Å². The average Bonchev–Trinajstić information content (AvgIpc) is 2.83. The van der Waals surface area contributed by atoms with Gasteiger partial charge in [-0.3, -0.25) is 0 Å². The van der Waals surface area contributed by atoms with Crippen LogP contribution in [-0.2, 0) is 7.05 Å². The Morgan fingerprint density at radius 3 is 2.88 bits per heavy atom. The summed E-state index contributed by atoms with van der Waals surface area (Å²) in [5.74, 6) is 1.46. The smallest absolute Gasteiger partial charge is 0.242 e. The van der Waals surface area contributed by atoms with Gasteiger partial charge in [0.1, 0.15) is 0 Å². The van der Waals surface area contributed by atoms with Crippen molar-refractivity contribution in [2.75, 3.05) is 25.0 Å². The van der Waals surface area contributed by atoms with E-state index in [4.69, 9.17) is 0 Å². The molecule has 1 unspecified atom stereocenters. The summed E-state index contributed by atoms with van der Waals surface area (Å²) >= 11 is 0. The van der Waals surface area contributed by atoms with Gasteiger partial charge in [-0.2, -0.15) is 0 Å². The number of rotatable bonds is 4. The van der Waals surface area contributed by atoms with Gasteiger partial charge in [-0.25, -0.2) is 4.68 Å². The first-order valence-corrected chi connectivity index (χ1v) is 5.87. The van der Waals surface area contributed by atoms with Crippen LogP contribution in [-0.4, -0.2) is 50.8 Å². The van der Waals surface area contributed by atoms with Crippen molar-refractivity contribution in [3.8, 4) is 0 Å². The van der Waals surface area contributed by atoms with Crippen molar-refractivity contribution >= 4 is 5.95 Å². The van der Waals surface area contributed by atoms with E-state index in [9.17, 15) is 0 Å². The molecule has 0 radical (unpaired) electrons. The number of tetrazole rings is 1. The second kappa shape index (κ2) is 4.78. The van der Waals surface area contributed by atoms with Crippen LogP contribution in [0.4, 0.5) is 5.95 Å². The minimum atomic E-state index is 0.654. The molecule has 2 rings (SSSR count). The lowest BCUT2D eigenvalue weighted by Gasteiger charge is -2.20. The summed E-state index contributed by atoms with van der Waals surface area (Å²) in [4.78, 5) is 2.52. The van der Waals surface area contributed by atoms with Crippen LogP contribution in [0.15, 0.2) is 0 Å². The van der Waals surface area contributed by atoms with Crippen LogP contribution in [0.5, 0.6) is 0 Å². The van der Waals surface area contributed by atoms with Crippen LogP contribution < -0.4 is 5.32 Å². The van der Waals surface area contributed by atoms with Gasteiger partial charge in [0.15, 0.2) is 0 Å². The van der Waals surface area contributed by atoms with Gasteiger partial charge < -0.3 is 10.2 Å². The van der Waals surface area contributed by atoms with Crippen LogP contribution in [0.2, 0.25) is 0 Å². The number of likely N-dealkylation sites (tertiary alicyclic amines) is 1. The van der Waals surface area contributed by atoms with E-state index in [1.807, 2.05) is 7.05 Å². The van der Waals surface area contributed by atoms with Gasteiger partial charge in [0.2, 0.25) is 5.95 Å². The molecular formula is C10H20N6. The predicted octanol–water partition coefficient (Wildman–Crippen LogP) is 0.352. The van der Waals surface area contributed by atoms with Crippen LogP contribution >= 0.6 is 0 Å². The molecule has 1 fully saturated rings. The Labute approximate surface area is 96.0 Å². The Kier molecular flexibility index (Phi) is 3.38. The van der Waals surface area contributed by atoms with E-state index < -0.39 is 0 Å². The predicted molar refractivity (Wildman–Crippen MR) is 62.1 cm³/mol. The molecule has 0 saturated carbocycles. The lowest BCUT2D eigenvalue weighted by atomic mass is 10.1. The largest absolute Gasteiger partial charge is 0.353 e. The molecule has 1 aromatic heterocycles. The minimum Gasteiger partial charge on any atom is -0.353 e. The third-order valence-corrected chi connectivity index (χ3v) is 3.22. The molecule has 1 aliphatic rings. The molecule has 0 spiro atoms. The van der Waals surface area contributed by atoms with E-state index in [-0.39, 0.29) is 0 Å². The third kappa shape index (κ3) is 2.49. The highest BCUT2D eigenvalue weighted by Gasteiger charge is 2.24. The monoisotopic (exact) mass is 224 g/mol. The molecule has 1 atom stereocenters. The number of anilines is 1. The maximum Gasteiger partial charge on any atom is 0.242 e. The number of aryl methyl sites for hydroxylation is 1. The zero-order valence-corrected chi connectivity index (χ0v) is 10.2. The van der Waals surface area contributed by atoms with Gasteiger partial charge in [0.05, 0.1) is 0 Å². The number of nitrogens with zero attached hydrogens (tertiary/aromatic N) is 5. The average molecular weight is 224 g/mol. The Morgan fingerprint density at radius 2 is 2.31 bits per heavy atom. The molecule has 6 heteroatoms. The number of aromatic nitrogens is 4. The summed E-state index contributed by atoms with van der Waals surface area (Å²) in [6, 6.07) is 0.654. The fourth-order valence-corrected chi connectivity index (χ4v) is 2.11. The topological polar surface area (TPSA) is 58.9 Å². The Hall–Kier alpha value is -1.17. The summed E-state index contributed by atoms with van der Waals surface area (Å²) in [7, 11) is 1.84. The van der Waals surface area contributed by atoms with Crippen LogP contribution in [0.25, 0.3) is 0 Å². The van der Waals surface area contributed by atoms with E-state index in [1.165, 1.54) is 19.5 Å². The van der Waals surface area contributed by atoms with E-state index in [0.29, 0.717) is 12.0 Å². The molecule has 1 aromatic rings. The highest BCUT2D eigenvalue weighted by Crippen LogP contribution is 2.18. The molecule has 90 valence electrons. The maximum absolute atomic E-state index is 3.91. The molecule has 1 saturated heterocycles. The summed E-state index contributed by atoms with van der Waals surface area (Å²) in [5.41, 5.74) is 0. The zero-order valence-electron chi connectivity index (χ0n) is 10.2. The fraction of sp³-hybridized carbons (Fsp3) is 0.900. The SMILES string of the molecule is CC(C)N1CCC(CNc2nnnn2C)C1. The van der Waals surface area contributed by atoms with Crippen molar-refractivity contribution < 1.29 is 0 Å². The molecule has 6 nitrogen and oxygen atoms in total. The van der Waals surface area contributed by atoms with Gasteiger partial charge >= 0.3 is 0 Å². The van der Waals surface area contributed by atoms with Crippen molar-refractivity contribution in [1.29, 1.82) is 0 Å². The molecule has 0 aliphatic carbocycles. The van der Waals surface area contributed by atoms with Gasteiger partial charge in [0, 0.05) is 26.2 Å². The van der Waals surface area contributed by atoms with E-state index in [2.05, 4.69) is 39.6 Å². The number of hydrogen-bond acceptors (Lipinski definition) is 5. The first kappa shape index (κ1) is 11.3. The summed E-state index contributed by atoms with van der Waals surface area (Å²) in [6.45, 7) is 7.85.